The summed E-state index contributed by atoms with van der Waals surface area (Å²) >= 11 is 0. The van der Waals surface area contributed by atoms with Gasteiger partial charge in [-0.1, -0.05) is 23.8 Å². The first-order chi connectivity index (χ1) is 13.5. The molecule has 2 amide bonds. The van der Waals surface area contributed by atoms with Crippen LogP contribution in [0.25, 0.3) is 0 Å². The van der Waals surface area contributed by atoms with E-state index in [-0.39, 0.29) is 23.7 Å². The highest BCUT2D eigenvalue weighted by Crippen LogP contribution is 2.56. The van der Waals surface area contributed by atoms with Crippen LogP contribution >= 0.6 is 0 Å². The predicted octanol–water partition coefficient (Wildman–Crippen LogP) is 3.75. The highest BCUT2D eigenvalue weighted by molar-refractivity contribution is 6.22. The van der Waals surface area contributed by atoms with E-state index in [1.54, 1.807) is 36.4 Å². The van der Waals surface area contributed by atoms with Gasteiger partial charge in [-0.3, -0.25) is 9.59 Å². The molecular formula is C23H21NO4. The molecule has 2 aliphatic carbocycles. The monoisotopic (exact) mass is 375 g/mol. The van der Waals surface area contributed by atoms with Gasteiger partial charge >= 0.3 is 5.97 Å². The van der Waals surface area contributed by atoms with Gasteiger partial charge in [0.1, 0.15) is 5.75 Å². The Morgan fingerprint density at radius 3 is 2.25 bits per heavy atom. The zero-order valence-electron chi connectivity index (χ0n) is 15.6. The molecule has 0 unspecified atom stereocenters. The van der Waals surface area contributed by atoms with E-state index in [0.29, 0.717) is 28.8 Å². The number of benzene rings is 2. The van der Waals surface area contributed by atoms with E-state index < -0.39 is 5.97 Å². The molecule has 2 saturated carbocycles. The van der Waals surface area contributed by atoms with Crippen LogP contribution in [0.3, 0.4) is 0 Å². The van der Waals surface area contributed by atoms with Crippen molar-refractivity contribution in [1.82, 2.24) is 0 Å². The average Bonchev–Trinajstić information content (AvgIpc) is 3.36. The fourth-order valence-corrected chi connectivity index (χ4v) is 5.20. The van der Waals surface area contributed by atoms with Gasteiger partial charge in [-0.05, 0) is 62.3 Å². The van der Waals surface area contributed by atoms with Crippen molar-refractivity contribution in [3.8, 4) is 5.75 Å². The quantitative estimate of drug-likeness (QED) is 0.466. The molecule has 4 atom stereocenters. The van der Waals surface area contributed by atoms with Crippen LogP contribution in [-0.4, -0.2) is 17.8 Å². The van der Waals surface area contributed by atoms with Gasteiger partial charge in [0.2, 0.25) is 11.8 Å². The van der Waals surface area contributed by atoms with Gasteiger partial charge in [-0.2, -0.15) is 0 Å². The Morgan fingerprint density at radius 2 is 1.61 bits per heavy atom. The second-order valence-electron chi connectivity index (χ2n) is 8.15. The molecule has 0 aromatic heterocycles. The molecule has 142 valence electrons. The number of amides is 2. The fraction of sp³-hybridized carbons (Fsp3) is 0.348. The Hall–Kier alpha value is -2.95. The number of fused-ring (bicyclic) bond motifs is 5. The van der Waals surface area contributed by atoms with Gasteiger partial charge in [0.15, 0.2) is 0 Å². The van der Waals surface area contributed by atoms with Gasteiger partial charge in [-0.25, -0.2) is 9.69 Å². The molecule has 3 aliphatic rings. The van der Waals surface area contributed by atoms with Crippen LogP contribution in [0, 0.1) is 30.6 Å². The van der Waals surface area contributed by atoms with Crippen LogP contribution in [0.2, 0.25) is 0 Å². The first-order valence-corrected chi connectivity index (χ1v) is 9.79. The lowest BCUT2D eigenvalue weighted by atomic mass is 9.81. The number of hydrogen-bond donors (Lipinski definition) is 0. The SMILES string of the molecule is Cc1ccc(C(=O)Oc2cccc(N3C(=O)[C@@H]4[C@H]5CC[C@@H](C5)[C@H]4C3=O)c2)cc1. The van der Waals surface area contributed by atoms with E-state index in [2.05, 4.69) is 0 Å². The Kier molecular flexibility index (Phi) is 3.86. The summed E-state index contributed by atoms with van der Waals surface area (Å²) in [4.78, 5) is 39.6. The van der Waals surface area contributed by atoms with Gasteiger partial charge in [0.25, 0.3) is 0 Å². The maximum Gasteiger partial charge on any atom is 0.343 e. The van der Waals surface area contributed by atoms with E-state index >= 15 is 0 Å². The highest BCUT2D eigenvalue weighted by Gasteiger charge is 2.61. The molecule has 2 aromatic carbocycles. The van der Waals surface area contributed by atoms with Crippen molar-refractivity contribution < 1.29 is 19.1 Å². The number of esters is 1. The standard InChI is InChI=1S/C23H21NO4/c1-13-5-7-14(8-6-13)23(27)28-18-4-2-3-17(12-18)24-21(25)19-15-9-10-16(11-15)20(19)22(24)26/h2-8,12,15-16,19-20H,9-11H2,1H3/t15-,16-,19+,20+/m0/s1. The third-order valence-electron chi connectivity index (χ3n) is 6.50. The van der Waals surface area contributed by atoms with Crippen molar-refractivity contribution in [2.75, 3.05) is 4.90 Å². The van der Waals surface area contributed by atoms with Crippen LogP contribution in [0.4, 0.5) is 5.69 Å². The smallest absolute Gasteiger partial charge is 0.343 e. The Bertz CT molecular complexity index is 952. The van der Waals surface area contributed by atoms with Crippen molar-refractivity contribution in [2.24, 2.45) is 23.7 Å². The minimum Gasteiger partial charge on any atom is -0.423 e. The van der Waals surface area contributed by atoms with E-state index in [9.17, 15) is 14.4 Å². The molecule has 1 aliphatic heterocycles. The van der Waals surface area contributed by atoms with Crippen molar-refractivity contribution in [1.29, 1.82) is 0 Å². The number of rotatable bonds is 3. The molecule has 3 fully saturated rings. The Labute approximate surface area is 163 Å². The maximum atomic E-state index is 13.0. The second-order valence-corrected chi connectivity index (χ2v) is 8.15. The summed E-state index contributed by atoms with van der Waals surface area (Å²) < 4.78 is 5.47. The second kappa shape index (κ2) is 6.30. The number of nitrogens with zero attached hydrogens (tertiary/aromatic N) is 1. The summed E-state index contributed by atoms with van der Waals surface area (Å²) in [6.07, 6.45) is 3.11. The lowest BCUT2D eigenvalue weighted by Gasteiger charge is -2.19. The van der Waals surface area contributed by atoms with Crippen LogP contribution in [-0.2, 0) is 9.59 Å². The molecule has 1 heterocycles. The summed E-state index contributed by atoms with van der Waals surface area (Å²) in [5.74, 6) is 0.0382. The molecular weight excluding hydrogens is 354 g/mol. The van der Waals surface area contributed by atoms with E-state index in [1.807, 2.05) is 19.1 Å². The zero-order valence-corrected chi connectivity index (χ0v) is 15.6. The third-order valence-corrected chi connectivity index (χ3v) is 6.50. The van der Waals surface area contributed by atoms with Crippen LogP contribution in [0.5, 0.6) is 5.75 Å². The zero-order chi connectivity index (χ0) is 19.4. The molecule has 5 rings (SSSR count). The van der Waals surface area contributed by atoms with Gasteiger partial charge in [0.05, 0.1) is 23.1 Å². The lowest BCUT2D eigenvalue weighted by Crippen LogP contribution is -2.32. The molecule has 0 N–H and O–H groups in total. The van der Waals surface area contributed by atoms with Gasteiger partial charge in [-0.15, -0.1) is 0 Å². The first-order valence-electron chi connectivity index (χ1n) is 9.79. The average molecular weight is 375 g/mol. The lowest BCUT2D eigenvalue weighted by molar-refractivity contribution is -0.123. The topological polar surface area (TPSA) is 63.7 Å². The predicted molar refractivity (Wildman–Crippen MR) is 103 cm³/mol. The van der Waals surface area contributed by atoms with E-state index in [1.165, 1.54) is 4.90 Å². The van der Waals surface area contributed by atoms with Crippen molar-refractivity contribution in [3.05, 3.63) is 59.7 Å². The summed E-state index contributed by atoms with van der Waals surface area (Å²) in [5, 5.41) is 0. The summed E-state index contributed by atoms with van der Waals surface area (Å²) in [6.45, 7) is 1.95. The molecule has 5 nitrogen and oxygen atoms in total. The van der Waals surface area contributed by atoms with Crippen LogP contribution in [0.15, 0.2) is 48.5 Å². The number of carbonyl (C=O) groups excluding carboxylic acids is 3. The molecule has 1 saturated heterocycles. The van der Waals surface area contributed by atoms with Crippen molar-refractivity contribution >= 4 is 23.5 Å². The van der Waals surface area contributed by atoms with Gasteiger partial charge < -0.3 is 4.74 Å². The fourth-order valence-electron chi connectivity index (χ4n) is 5.20. The summed E-state index contributed by atoms with van der Waals surface area (Å²) in [7, 11) is 0. The minimum absolute atomic E-state index is 0.0933. The number of anilines is 1. The molecule has 28 heavy (non-hydrogen) atoms. The van der Waals surface area contributed by atoms with Gasteiger partial charge in [0, 0.05) is 6.07 Å². The van der Waals surface area contributed by atoms with Crippen molar-refractivity contribution in [2.45, 2.75) is 26.2 Å². The molecule has 0 radical (unpaired) electrons. The van der Waals surface area contributed by atoms with Crippen LogP contribution in [0.1, 0.15) is 35.2 Å². The number of ether oxygens (including phenoxy) is 1. The van der Waals surface area contributed by atoms with E-state index in [0.717, 1.165) is 24.8 Å². The molecule has 5 heteroatoms. The molecule has 2 bridgehead atoms. The minimum atomic E-state index is -0.467. The summed E-state index contributed by atoms with van der Waals surface area (Å²) in [6, 6.07) is 13.8. The number of carbonyl (C=O) groups is 3. The number of imide groups is 1. The highest BCUT2D eigenvalue weighted by atomic mass is 16.5. The Morgan fingerprint density at radius 1 is 0.964 bits per heavy atom. The third kappa shape index (κ3) is 2.57. The van der Waals surface area contributed by atoms with Crippen molar-refractivity contribution in [3.63, 3.8) is 0 Å². The van der Waals surface area contributed by atoms with Crippen LogP contribution < -0.4 is 9.64 Å². The molecule has 0 spiro atoms. The maximum absolute atomic E-state index is 13.0. The normalized spacial score (nSPS) is 28.0. The molecule has 2 aromatic rings. The largest absolute Gasteiger partial charge is 0.423 e. The first kappa shape index (κ1) is 17.2. The Balaban J connectivity index is 1.39. The van der Waals surface area contributed by atoms with E-state index in [4.69, 9.17) is 4.74 Å². The summed E-state index contributed by atoms with van der Waals surface area (Å²) in [5.41, 5.74) is 2.00. The number of hydrogen-bond acceptors (Lipinski definition) is 4. The number of aryl methyl sites for hydroxylation is 1.